The fourth-order valence-corrected chi connectivity index (χ4v) is 4.16. The van der Waals surface area contributed by atoms with Crippen molar-refractivity contribution in [3.63, 3.8) is 0 Å². The van der Waals surface area contributed by atoms with Crippen molar-refractivity contribution in [3.8, 4) is 0 Å². The van der Waals surface area contributed by atoms with Gasteiger partial charge in [0.2, 0.25) is 10.0 Å². The normalized spacial score (nSPS) is 12.7. The molecule has 0 aliphatic carbocycles. The van der Waals surface area contributed by atoms with Crippen LogP contribution in [0.2, 0.25) is 10.0 Å². The van der Waals surface area contributed by atoms with Crippen molar-refractivity contribution in [1.29, 1.82) is 0 Å². The molecule has 0 aromatic heterocycles. The first-order valence-electron chi connectivity index (χ1n) is 8.09. The highest BCUT2D eigenvalue weighted by Gasteiger charge is 2.25. The lowest BCUT2D eigenvalue weighted by Gasteiger charge is -2.26. The third-order valence-corrected chi connectivity index (χ3v) is 6.23. The lowest BCUT2D eigenvalue weighted by atomic mass is 10.1. The second-order valence-corrected chi connectivity index (χ2v) is 8.51. The van der Waals surface area contributed by atoms with Gasteiger partial charge in [-0.3, -0.25) is 4.79 Å². The Hall–Kier alpha value is -1.67. The highest BCUT2D eigenvalue weighted by molar-refractivity contribution is 7.89. The molecule has 0 saturated heterocycles. The summed E-state index contributed by atoms with van der Waals surface area (Å²) in [4.78, 5) is 13.9. The predicted octanol–water partition coefficient (Wildman–Crippen LogP) is 4.26. The van der Waals surface area contributed by atoms with Crippen LogP contribution in [-0.2, 0) is 10.0 Å². The maximum Gasteiger partial charge on any atom is 0.257 e. The van der Waals surface area contributed by atoms with Gasteiger partial charge < -0.3 is 4.90 Å². The highest BCUT2D eigenvalue weighted by Crippen LogP contribution is 2.30. The van der Waals surface area contributed by atoms with Crippen LogP contribution in [0, 0.1) is 5.82 Å². The molecule has 9 heteroatoms. The molecule has 0 radical (unpaired) electrons. The first-order valence-corrected chi connectivity index (χ1v) is 10.3. The SMILES string of the molecule is CCNS(=O)(=O)c1ccc(F)c(C(=O)N(C)C(C)c2ccc(Cl)cc2Cl)c1. The van der Waals surface area contributed by atoms with Gasteiger partial charge in [-0.05, 0) is 42.8 Å². The molecule has 0 heterocycles. The van der Waals surface area contributed by atoms with Crippen LogP contribution in [0.3, 0.4) is 0 Å². The van der Waals surface area contributed by atoms with Gasteiger partial charge in [0.15, 0.2) is 0 Å². The van der Waals surface area contributed by atoms with E-state index in [1.54, 1.807) is 32.0 Å². The Morgan fingerprint density at radius 2 is 1.89 bits per heavy atom. The molecule has 5 nitrogen and oxygen atoms in total. The maximum atomic E-state index is 14.2. The smallest absolute Gasteiger partial charge is 0.257 e. The van der Waals surface area contributed by atoms with E-state index in [2.05, 4.69) is 4.72 Å². The zero-order chi connectivity index (χ0) is 20.4. The van der Waals surface area contributed by atoms with E-state index in [1.165, 1.54) is 11.9 Å². The van der Waals surface area contributed by atoms with E-state index in [0.717, 1.165) is 18.2 Å². The largest absolute Gasteiger partial charge is 0.335 e. The number of sulfonamides is 1. The Balaban J connectivity index is 2.38. The highest BCUT2D eigenvalue weighted by atomic mass is 35.5. The zero-order valence-corrected chi connectivity index (χ0v) is 17.3. The molecule has 1 atom stereocenters. The number of nitrogens with one attached hydrogen (secondary N) is 1. The number of halogens is 3. The Kier molecular flexibility index (Phi) is 6.86. The predicted molar refractivity (Wildman–Crippen MR) is 104 cm³/mol. The summed E-state index contributed by atoms with van der Waals surface area (Å²) >= 11 is 12.1. The number of carbonyl (C=O) groups excluding carboxylic acids is 1. The maximum absolute atomic E-state index is 14.2. The van der Waals surface area contributed by atoms with Gasteiger partial charge in [-0.1, -0.05) is 36.2 Å². The summed E-state index contributed by atoms with van der Waals surface area (Å²) in [5, 5.41) is 0.830. The number of rotatable bonds is 6. The van der Waals surface area contributed by atoms with Gasteiger partial charge in [0.1, 0.15) is 5.82 Å². The van der Waals surface area contributed by atoms with Gasteiger partial charge in [0.05, 0.1) is 16.5 Å². The van der Waals surface area contributed by atoms with Crippen molar-refractivity contribution in [2.75, 3.05) is 13.6 Å². The van der Waals surface area contributed by atoms with Crippen molar-refractivity contribution in [2.45, 2.75) is 24.8 Å². The molecule has 2 rings (SSSR count). The van der Waals surface area contributed by atoms with Crippen LogP contribution in [0.4, 0.5) is 4.39 Å². The van der Waals surface area contributed by atoms with Crippen molar-refractivity contribution >= 4 is 39.1 Å². The summed E-state index contributed by atoms with van der Waals surface area (Å²) in [5.74, 6) is -1.48. The molecule has 27 heavy (non-hydrogen) atoms. The lowest BCUT2D eigenvalue weighted by molar-refractivity contribution is 0.0737. The van der Waals surface area contributed by atoms with E-state index in [4.69, 9.17) is 23.2 Å². The minimum absolute atomic E-state index is 0.176. The Bertz CT molecular complexity index is 967. The number of hydrogen-bond acceptors (Lipinski definition) is 3. The van der Waals surface area contributed by atoms with Crippen molar-refractivity contribution in [1.82, 2.24) is 9.62 Å². The monoisotopic (exact) mass is 432 g/mol. The average Bonchev–Trinajstić information content (AvgIpc) is 2.60. The molecule has 0 aliphatic heterocycles. The van der Waals surface area contributed by atoms with Gasteiger partial charge in [-0.2, -0.15) is 0 Å². The third kappa shape index (κ3) is 4.79. The molecular formula is C18H19Cl2FN2O3S. The second-order valence-electron chi connectivity index (χ2n) is 5.90. The van der Waals surface area contributed by atoms with Crippen LogP contribution in [0.25, 0.3) is 0 Å². The van der Waals surface area contributed by atoms with Crippen LogP contribution in [0.15, 0.2) is 41.3 Å². The van der Waals surface area contributed by atoms with E-state index >= 15 is 0 Å². The van der Waals surface area contributed by atoms with Crippen molar-refractivity contribution < 1.29 is 17.6 Å². The van der Waals surface area contributed by atoms with Crippen LogP contribution in [0.5, 0.6) is 0 Å². The summed E-state index contributed by atoms with van der Waals surface area (Å²) < 4.78 is 40.8. The summed E-state index contributed by atoms with van der Waals surface area (Å²) in [7, 11) is -2.33. The van der Waals surface area contributed by atoms with Crippen LogP contribution in [-0.4, -0.2) is 32.8 Å². The minimum atomic E-state index is -3.82. The topological polar surface area (TPSA) is 66.5 Å². The zero-order valence-electron chi connectivity index (χ0n) is 15.0. The number of amides is 1. The molecule has 2 aromatic rings. The van der Waals surface area contributed by atoms with E-state index in [-0.39, 0.29) is 17.0 Å². The molecule has 0 saturated carbocycles. The summed E-state index contributed by atoms with van der Waals surface area (Å²) in [5.41, 5.74) is 0.294. The van der Waals surface area contributed by atoms with Gasteiger partial charge in [-0.15, -0.1) is 0 Å². The molecule has 0 fully saturated rings. The number of carbonyl (C=O) groups is 1. The first kappa shape index (κ1) is 21.6. The van der Waals surface area contributed by atoms with E-state index < -0.39 is 27.8 Å². The molecule has 0 spiro atoms. The number of hydrogen-bond donors (Lipinski definition) is 1. The number of benzene rings is 2. The van der Waals surface area contributed by atoms with E-state index in [1.807, 2.05) is 0 Å². The summed E-state index contributed by atoms with van der Waals surface area (Å²) in [6.45, 7) is 3.53. The van der Waals surface area contributed by atoms with Crippen LogP contribution in [0.1, 0.15) is 35.8 Å². The van der Waals surface area contributed by atoms with Crippen LogP contribution < -0.4 is 4.72 Å². The lowest BCUT2D eigenvalue weighted by Crippen LogP contribution is -2.31. The van der Waals surface area contributed by atoms with Crippen molar-refractivity contribution in [3.05, 3.63) is 63.4 Å². The third-order valence-electron chi connectivity index (χ3n) is 4.13. The quantitative estimate of drug-likeness (QED) is 0.740. The van der Waals surface area contributed by atoms with Gasteiger partial charge in [0, 0.05) is 23.6 Å². The summed E-state index contributed by atoms with van der Waals surface area (Å²) in [6, 6.07) is 7.49. The molecule has 2 aromatic carbocycles. The van der Waals surface area contributed by atoms with Crippen LogP contribution >= 0.6 is 23.2 Å². The Morgan fingerprint density at radius 3 is 2.48 bits per heavy atom. The second kappa shape index (κ2) is 8.56. The van der Waals surface area contributed by atoms with Crippen molar-refractivity contribution in [2.24, 2.45) is 0 Å². The Labute approximate surface area is 168 Å². The van der Waals surface area contributed by atoms with E-state index in [0.29, 0.717) is 15.6 Å². The minimum Gasteiger partial charge on any atom is -0.335 e. The molecule has 1 N–H and O–H groups in total. The van der Waals surface area contributed by atoms with Gasteiger partial charge in [0.25, 0.3) is 5.91 Å². The van der Waals surface area contributed by atoms with Gasteiger partial charge in [-0.25, -0.2) is 17.5 Å². The summed E-state index contributed by atoms with van der Waals surface area (Å²) in [6.07, 6.45) is 0. The fourth-order valence-electron chi connectivity index (χ4n) is 2.52. The van der Waals surface area contributed by atoms with E-state index in [9.17, 15) is 17.6 Å². The average molecular weight is 433 g/mol. The number of nitrogens with zero attached hydrogens (tertiary/aromatic N) is 1. The molecule has 1 unspecified atom stereocenters. The Morgan fingerprint density at radius 1 is 1.22 bits per heavy atom. The first-order chi connectivity index (χ1) is 12.6. The standard InChI is InChI=1S/C18H19Cl2FN2O3S/c1-4-22-27(25,26)13-6-8-17(21)15(10-13)18(24)23(3)11(2)14-7-5-12(19)9-16(14)20/h5-11,22H,4H2,1-3H3. The molecular weight excluding hydrogens is 414 g/mol. The molecule has 1 amide bonds. The molecule has 0 bridgehead atoms. The molecule has 146 valence electrons. The fraction of sp³-hybridized carbons (Fsp3) is 0.278. The molecule has 0 aliphatic rings. The van der Waals surface area contributed by atoms with Gasteiger partial charge >= 0.3 is 0 Å².